The predicted molar refractivity (Wildman–Crippen MR) is 34.7 cm³/mol. The molecule has 0 aromatic carbocycles. The maximum absolute atomic E-state index is 8.97. The SMILES string of the molecule is OC1[C@@H](O)[C@H](O)C[C@@H](O)[C@H]1O. The Morgan fingerprint density at radius 1 is 0.636 bits per heavy atom. The molecule has 5 atom stereocenters. The summed E-state index contributed by atoms with van der Waals surface area (Å²) >= 11 is 0. The average molecular weight is 164 g/mol. The highest BCUT2D eigenvalue weighted by atomic mass is 16.4. The van der Waals surface area contributed by atoms with Crippen molar-refractivity contribution in [2.24, 2.45) is 0 Å². The normalized spacial score (nSPS) is 52.6. The number of aliphatic hydroxyl groups is 5. The van der Waals surface area contributed by atoms with Crippen molar-refractivity contribution in [1.29, 1.82) is 0 Å². The fourth-order valence-corrected chi connectivity index (χ4v) is 1.18. The van der Waals surface area contributed by atoms with Crippen LogP contribution in [0, 0.1) is 0 Å². The molecular weight excluding hydrogens is 152 g/mol. The van der Waals surface area contributed by atoms with E-state index < -0.39 is 30.5 Å². The summed E-state index contributed by atoms with van der Waals surface area (Å²) in [5.74, 6) is 0. The van der Waals surface area contributed by atoms with E-state index in [0.717, 1.165) is 0 Å². The summed E-state index contributed by atoms with van der Waals surface area (Å²) in [7, 11) is 0. The summed E-state index contributed by atoms with van der Waals surface area (Å²) in [5, 5.41) is 44.8. The average Bonchev–Trinajstić information content (AvgIpc) is 1.97. The van der Waals surface area contributed by atoms with Crippen LogP contribution in [0.1, 0.15) is 6.42 Å². The van der Waals surface area contributed by atoms with E-state index in [1.165, 1.54) is 0 Å². The quantitative estimate of drug-likeness (QED) is 0.266. The molecule has 5 heteroatoms. The highest BCUT2D eigenvalue weighted by molar-refractivity contribution is 4.92. The van der Waals surface area contributed by atoms with Gasteiger partial charge in [-0.1, -0.05) is 0 Å². The van der Waals surface area contributed by atoms with Crippen molar-refractivity contribution in [3.63, 3.8) is 0 Å². The number of hydrogen-bond donors (Lipinski definition) is 5. The second-order valence-electron chi connectivity index (χ2n) is 2.84. The molecule has 0 spiro atoms. The lowest BCUT2D eigenvalue weighted by atomic mass is 9.87. The third-order valence-corrected chi connectivity index (χ3v) is 1.97. The monoisotopic (exact) mass is 164 g/mol. The highest BCUT2D eigenvalue weighted by Crippen LogP contribution is 2.20. The molecule has 1 aliphatic carbocycles. The second kappa shape index (κ2) is 3.04. The lowest BCUT2D eigenvalue weighted by molar-refractivity contribution is -0.176. The third-order valence-electron chi connectivity index (χ3n) is 1.97. The number of rotatable bonds is 0. The minimum absolute atomic E-state index is 0.112. The molecule has 0 bridgehead atoms. The fraction of sp³-hybridized carbons (Fsp3) is 1.00. The summed E-state index contributed by atoms with van der Waals surface area (Å²) in [6.45, 7) is 0. The summed E-state index contributed by atoms with van der Waals surface area (Å²) in [5.41, 5.74) is 0. The Morgan fingerprint density at radius 3 is 1.36 bits per heavy atom. The predicted octanol–water partition coefficient (Wildman–Crippen LogP) is -2.81. The van der Waals surface area contributed by atoms with Gasteiger partial charge in [0.2, 0.25) is 0 Å². The van der Waals surface area contributed by atoms with Gasteiger partial charge in [-0.2, -0.15) is 0 Å². The standard InChI is InChI=1S/C6H12O5/c7-2-1-3(8)5(10)6(11)4(2)9/h2-11H,1H2/t2-,3-,4-,5+,6?/m1/s1. The third kappa shape index (κ3) is 1.52. The summed E-state index contributed by atoms with van der Waals surface area (Å²) in [6, 6.07) is 0. The molecule has 0 saturated heterocycles. The van der Waals surface area contributed by atoms with E-state index in [9.17, 15) is 0 Å². The van der Waals surface area contributed by atoms with Crippen LogP contribution in [0.4, 0.5) is 0 Å². The van der Waals surface area contributed by atoms with Crippen LogP contribution >= 0.6 is 0 Å². The van der Waals surface area contributed by atoms with Gasteiger partial charge in [0.25, 0.3) is 0 Å². The van der Waals surface area contributed by atoms with Gasteiger partial charge in [-0.3, -0.25) is 0 Å². The molecule has 0 aliphatic heterocycles. The molecule has 5 N–H and O–H groups in total. The first kappa shape index (κ1) is 8.89. The zero-order valence-electron chi connectivity index (χ0n) is 5.83. The van der Waals surface area contributed by atoms with Crippen molar-refractivity contribution in [2.75, 3.05) is 0 Å². The molecule has 0 heterocycles. The Bertz CT molecular complexity index is 125. The van der Waals surface area contributed by atoms with Crippen LogP contribution in [0.15, 0.2) is 0 Å². The maximum atomic E-state index is 8.97. The van der Waals surface area contributed by atoms with E-state index in [2.05, 4.69) is 0 Å². The van der Waals surface area contributed by atoms with Crippen molar-refractivity contribution in [2.45, 2.75) is 36.9 Å². The lowest BCUT2D eigenvalue weighted by Crippen LogP contribution is -2.55. The molecule has 66 valence electrons. The summed E-state index contributed by atoms with van der Waals surface area (Å²) in [6.07, 6.45) is -6.64. The highest BCUT2D eigenvalue weighted by Gasteiger charge is 2.40. The van der Waals surface area contributed by atoms with Gasteiger partial charge >= 0.3 is 0 Å². The minimum Gasteiger partial charge on any atom is -0.390 e. The lowest BCUT2D eigenvalue weighted by Gasteiger charge is -2.35. The van der Waals surface area contributed by atoms with Crippen molar-refractivity contribution >= 4 is 0 Å². The molecule has 11 heavy (non-hydrogen) atoms. The van der Waals surface area contributed by atoms with E-state index in [4.69, 9.17) is 25.5 Å². The van der Waals surface area contributed by atoms with Crippen molar-refractivity contribution in [3.05, 3.63) is 0 Å². The molecule has 5 nitrogen and oxygen atoms in total. The summed E-state index contributed by atoms with van der Waals surface area (Å²) in [4.78, 5) is 0. The zero-order valence-corrected chi connectivity index (χ0v) is 5.83. The summed E-state index contributed by atoms with van der Waals surface area (Å²) < 4.78 is 0. The molecule has 1 fully saturated rings. The van der Waals surface area contributed by atoms with Crippen LogP contribution in [0.5, 0.6) is 0 Å². The van der Waals surface area contributed by atoms with E-state index in [1.54, 1.807) is 0 Å². The molecule has 1 aliphatic rings. The molecule has 1 rings (SSSR count). The van der Waals surface area contributed by atoms with Crippen LogP contribution in [-0.2, 0) is 0 Å². The second-order valence-corrected chi connectivity index (χ2v) is 2.84. The van der Waals surface area contributed by atoms with Crippen molar-refractivity contribution in [1.82, 2.24) is 0 Å². The van der Waals surface area contributed by atoms with Crippen molar-refractivity contribution < 1.29 is 25.5 Å². The Balaban J connectivity index is 2.63. The zero-order chi connectivity index (χ0) is 8.59. The van der Waals surface area contributed by atoms with Gasteiger partial charge < -0.3 is 25.5 Å². The first-order valence-corrected chi connectivity index (χ1v) is 3.44. The van der Waals surface area contributed by atoms with Gasteiger partial charge in [0.1, 0.15) is 18.3 Å². The van der Waals surface area contributed by atoms with Crippen LogP contribution in [0.3, 0.4) is 0 Å². The molecule has 0 amide bonds. The van der Waals surface area contributed by atoms with Crippen LogP contribution in [0.2, 0.25) is 0 Å². The van der Waals surface area contributed by atoms with Gasteiger partial charge in [0, 0.05) is 6.42 Å². The molecular formula is C6H12O5. The molecule has 0 aromatic rings. The smallest absolute Gasteiger partial charge is 0.111 e. The van der Waals surface area contributed by atoms with Gasteiger partial charge in [-0.25, -0.2) is 0 Å². The largest absolute Gasteiger partial charge is 0.390 e. The van der Waals surface area contributed by atoms with Gasteiger partial charge in [-0.15, -0.1) is 0 Å². The van der Waals surface area contributed by atoms with Crippen molar-refractivity contribution in [3.8, 4) is 0 Å². The minimum atomic E-state index is -1.46. The molecule has 1 unspecified atom stereocenters. The van der Waals surface area contributed by atoms with E-state index in [0.29, 0.717) is 0 Å². The van der Waals surface area contributed by atoms with Crippen LogP contribution in [-0.4, -0.2) is 56.1 Å². The first-order chi connectivity index (χ1) is 5.04. The molecule has 0 aromatic heterocycles. The fourth-order valence-electron chi connectivity index (χ4n) is 1.18. The van der Waals surface area contributed by atoms with E-state index in [-0.39, 0.29) is 6.42 Å². The van der Waals surface area contributed by atoms with Gasteiger partial charge in [-0.05, 0) is 0 Å². The first-order valence-electron chi connectivity index (χ1n) is 3.44. The van der Waals surface area contributed by atoms with Crippen LogP contribution < -0.4 is 0 Å². The molecule has 0 radical (unpaired) electrons. The Kier molecular flexibility index (Phi) is 2.46. The number of aliphatic hydroxyl groups excluding tert-OH is 5. The number of hydrogen-bond acceptors (Lipinski definition) is 5. The van der Waals surface area contributed by atoms with E-state index >= 15 is 0 Å². The topological polar surface area (TPSA) is 101 Å². The van der Waals surface area contributed by atoms with Gasteiger partial charge in [0.15, 0.2) is 0 Å². The Hall–Kier alpha value is -0.200. The van der Waals surface area contributed by atoms with E-state index in [1.807, 2.05) is 0 Å². The Morgan fingerprint density at radius 2 is 1.00 bits per heavy atom. The van der Waals surface area contributed by atoms with Gasteiger partial charge in [0.05, 0.1) is 12.2 Å². The Labute approximate surface area is 63.5 Å². The molecule has 1 saturated carbocycles. The van der Waals surface area contributed by atoms with Crippen LogP contribution in [0.25, 0.3) is 0 Å². The maximum Gasteiger partial charge on any atom is 0.111 e.